The van der Waals surface area contributed by atoms with Crippen molar-refractivity contribution < 1.29 is 14.4 Å². The van der Waals surface area contributed by atoms with E-state index in [4.69, 9.17) is 4.52 Å². The van der Waals surface area contributed by atoms with Crippen molar-refractivity contribution in [3.8, 4) is 11.3 Å². The van der Waals surface area contributed by atoms with Crippen LogP contribution in [-0.4, -0.2) is 16.3 Å². The predicted molar refractivity (Wildman–Crippen MR) is 93.4 cm³/mol. The lowest BCUT2D eigenvalue weighted by Gasteiger charge is -2.09. The van der Waals surface area contributed by atoms with Crippen LogP contribution in [0.3, 0.4) is 0 Å². The topological polar surface area (TPSA) is 87.4 Å². The van der Waals surface area contributed by atoms with Gasteiger partial charge in [0.05, 0.1) is 13.2 Å². The maximum Gasteiger partial charge on any atom is 0.315 e. The Hall–Kier alpha value is -3.12. The molecule has 0 radical (unpaired) electrons. The molecule has 3 rings (SSSR count). The van der Waals surface area contributed by atoms with E-state index in [9.17, 15) is 9.90 Å². The summed E-state index contributed by atoms with van der Waals surface area (Å²) in [5.74, 6) is 0.662. The van der Waals surface area contributed by atoms with E-state index in [2.05, 4.69) is 15.8 Å². The first-order valence-corrected chi connectivity index (χ1v) is 7.96. The number of aromatic nitrogens is 1. The molecule has 0 fully saturated rings. The van der Waals surface area contributed by atoms with Gasteiger partial charge in [0.15, 0.2) is 5.76 Å². The van der Waals surface area contributed by atoms with Crippen molar-refractivity contribution in [2.24, 2.45) is 0 Å². The third kappa shape index (κ3) is 4.45. The summed E-state index contributed by atoms with van der Waals surface area (Å²) in [7, 11) is 0. The normalized spacial score (nSPS) is 10.4. The second kappa shape index (κ2) is 8.12. The number of benzene rings is 2. The van der Waals surface area contributed by atoms with E-state index in [-0.39, 0.29) is 19.2 Å². The van der Waals surface area contributed by atoms with Gasteiger partial charge in [-0.3, -0.25) is 0 Å². The fourth-order valence-corrected chi connectivity index (χ4v) is 2.43. The van der Waals surface area contributed by atoms with Gasteiger partial charge in [-0.25, -0.2) is 4.79 Å². The van der Waals surface area contributed by atoms with Gasteiger partial charge in [-0.1, -0.05) is 59.8 Å². The summed E-state index contributed by atoms with van der Waals surface area (Å²) in [6.45, 7) is 0.557. The lowest BCUT2D eigenvalue weighted by Crippen LogP contribution is -2.34. The second-order valence-electron chi connectivity index (χ2n) is 5.51. The van der Waals surface area contributed by atoms with Crippen molar-refractivity contribution in [3.63, 3.8) is 0 Å². The Kier molecular flexibility index (Phi) is 5.43. The minimum atomic E-state index is -0.308. The number of hydrogen-bond donors (Lipinski definition) is 3. The molecule has 25 heavy (non-hydrogen) atoms. The van der Waals surface area contributed by atoms with Crippen molar-refractivity contribution in [1.82, 2.24) is 15.8 Å². The molecule has 0 unspecified atom stereocenters. The van der Waals surface area contributed by atoms with Gasteiger partial charge < -0.3 is 20.3 Å². The molecule has 0 aliphatic rings. The van der Waals surface area contributed by atoms with Gasteiger partial charge in [-0.05, 0) is 11.1 Å². The fourth-order valence-electron chi connectivity index (χ4n) is 2.43. The Labute approximate surface area is 145 Å². The average molecular weight is 337 g/mol. The minimum Gasteiger partial charge on any atom is -0.392 e. The number of amides is 2. The highest BCUT2D eigenvalue weighted by Crippen LogP contribution is 2.19. The van der Waals surface area contributed by atoms with E-state index in [1.807, 2.05) is 54.6 Å². The molecule has 6 heteroatoms. The first-order chi connectivity index (χ1) is 12.3. The molecule has 1 aromatic heterocycles. The molecule has 0 aliphatic heterocycles. The number of aliphatic hydroxyl groups excluding tert-OH is 1. The quantitative estimate of drug-likeness (QED) is 0.645. The minimum absolute atomic E-state index is 0.0549. The van der Waals surface area contributed by atoms with Gasteiger partial charge in [0.2, 0.25) is 0 Å². The molecule has 2 amide bonds. The molecule has 0 bridgehead atoms. The van der Waals surface area contributed by atoms with Crippen molar-refractivity contribution in [1.29, 1.82) is 0 Å². The number of carbonyl (C=O) groups is 1. The number of aliphatic hydroxyl groups is 1. The summed E-state index contributed by atoms with van der Waals surface area (Å²) >= 11 is 0. The Morgan fingerprint density at radius 3 is 2.40 bits per heavy atom. The predicted octanol–water partition coefficient (Wildman–Crippen LogP) is 2.83. The van der Waals surface area contributed by atoms with Crippen molar-refractivity contribution in [3.05, 3.63) is 77.5 Å². The molecule has 3 N–H and O–H groups in total. The molecular weight excluding hydrogens is 318 g/mol. The molecule has 2 aromatic carbocycles. The van der Waals surface area contributed by atoms with Gasteiger partial charge >= 0.3 is 6.03 Å². The smallest absolute Gasteiger partial charge is 0.315 e. The number of nitrogens with one attached hydrogen (secondary N) is 2. The third-order valence-corrected chi connectivity index (χ3v) is 3.78. The van der Waals surface area contributed by atoms with Gasteiger partial charge in [0.1, 0.15) is 5.69 Å². The van der Waals surface area contributed by atoms with Crippen LogP contribution in [0.1, 0.15) is 16.8 Å². The lowest BCUT2D eigenvalue weighted by molar-refractivity contribution is 0.239. The zero-order valence-corrected chi connectivity index (χ0v) is 13.6. The molecule has 0 saturated heterocycles. The summed E-state index contributed by atoms with van der Waals surface area (Å²) in [6.07, 6.45) is 0. The van der Waals surface area contributed by atoms with Gasteiger partial charge in [0, 0.05) is 18.2 Å². The maximum absolute atomic E-state index is 11.9. The SMILES string of the molecule is O=C(NCc1cc(-c2ccccc2)on1)NCc1ccccc1CO. The Bertz CT molecular complexity index is 831. The molecule has 0 saturated carbocycles. The van der Waals surface area contributed by atoms with Crippen molar-refractivity contribution in [2.45, 2.75) is 19.7 Å². The number of hydrogen-bond acceptors (Lipinski definition) is 4. The van der Waals surface area contributed by atoms with E-state index in [1.54, 1.807) is 6.07 Å². The van der Waals surface area contributed by atoms with Crippen LogP contribution >= 0.6 is 0 Å². The molecule has 0 aliphatic carbocycles. The molecule has 6 nitrogen and oxygen atoms in total. The van der Waals surface area contributed by atoms with E-state index >= 15 is 0 Å². The lowest BCUT2D eigenvalue weighted by atomic mass is 10.1. The molecule has 3 aromatic rings. The Morgan fingerprint density at radius 1 is 0.960 bits per heavy atom. The molecule has 128 valence electrons. The number of nitrogens with zero attached hydrogens (tertiary/aromatic N) is 1. The first-order valence-electron chi connectivity index (χ1n) is 7.96. The van der Waals surface area contributed by atoms with E-state index in [0.29, 0.717) is 18.0 Å². The van der Waals surface area contributed by atoms with Gasteiger partial charge in [-0.15, -0.1) is 0 Å². The number of urea groups is 1. The van der Waals surface area contributed by atoms with Crippen molar-refractivity contribution >= 4 is 6.03 Å². The van der Waals surface area contributed by atoms with Crippen LogP contribution in [0.2, 0.25) is 0 Å². The Balaban J connectivity index is 1.50. The molecule has 1 heterocycles. The van der Waals surface area contributed by atoms with Gasteiger partial charge in [-0.2, -0.15) is 0 Å². The van der Waals surface area contributed by atoms with E-state index < -0.39 is 0 Å². The van der Waals surface area contributed by atoms with E-state index in [1.165, 1.54) is 0 Å². The van der Waals surface area contributed by atoms with Crippen molar-refractivity contribution in [2.75, 3.05) is 0 Å². The average Bonchev–Trinajstić information content (AvgIpc) is 3.14. The van der Waals surface area contributed by atoms with Crippen LogP contribution in [-0.2, 0) is 19.7 Å². The summed E-state index contributed by atoms with van der Waals surface area (Å²) in [4.78, 5) is 11.9. The second-order valence-corrected chi connectivity index (χ2v) is 5.51. The molecule has 0 spiro atoms. The zero-order valence-electron chi connectivity index (χ0n) is 13.6. The first kappa shape index (κ1) is 16.7. The third-order valence-electron chi connectivity index (χ3n) is 3.78. The van der Waals surface area contributed by atoms with Crippen LogP contribution in [0, 0.1) is 0 Å². The van der Waals surface area contributed by atoms with Crippen LogP contribution in [0.15, 0.2) is 65.2 Å². The highest BCUT2D eigenvalue weighted by Gasteiger charge is 2.08. The standard InChI is InChI=1S/C19H19N3O3/c23-13-16-9-5-4-8-15(16)11-20-19(24)21-12-17-10-18(25-22-17)14-6-2-1-3-7-14/h1-10,23H,11-13H2,(H2,20,21,24). The van der Waals surface area contributed by atoms with E-state index in [0.717, 1.165) is 16.7 Å². The summed E-state index contributed by atoms with van der Waals surface area (Å²) in [5.41, 5.74) is 3.26. The maximum atomic E-state index is 11.9. The monoisotopic (exact) mass is 337 g/mol. The number of rotatable bonds is 6. The van der Waals surface area contributed by atoms with Crippen LogP contribution in [0.25, 0.3) is 11.3 Å². The molecular formula is C19H19N3O3. The summed E-state index contributed by atoms with van der Waals surface area (Å²) in [6, 6.07) is 18.6. The zero-order chi connectivity index (χ0) is 17.5. The number of carbonyl (C=O) groups excluding carboxylic acids is 1. The highest BCUT2D eigenvalue weighted by atomic mass is 16.5. The van der Waals surface area contributed by atoms with Crippen LogP contribution in [0.5, 0.6) is 0 Å². The van der Waals surface area contributed by atoms with Crippen LogP contribution in [0.4, 0.5) is 4.79 Å². The largest absolute Gasteiger partial charge is 0.392 e. The molecule has 0 atom stereocenters. The Morgan fingerprint density at radius 2 is 1.64 bits per heavy atom. The fraction of sp³-hybridized carbons (Fsp3) is 0.158. The summed E-state index contributed by atoms with van der Waals surface area (Å²) in [5, 5.41) is 18.7. The highest BCUT2D eigenvalue weighted by molar-refractivity contribution is 5.73. The summed E-state index contributed by atoms with van der Waals surface area (Å²) < 4.78 is 5.29. The van der Waals surface area contributed by atoms with Gasteiger partial charge in [0.25, 0.3) is 0 Å². The van der Waals surface area contributed by atoms with Crippen LogP contribution < -0.4 is 10.6 Å².